The Morgan fingerprint density at radius 2 is 1.83 bits per heavy atom. The molecule has 0 radical (unpaired) electrons. The smallest absolute Gasteiger partial charge is 0.393 e. The minimum Gasteiger partial charge on any atom is -0.393 e. The molecule has 4 heterocycles. The molecular weight excluding hydrogens is 391 g/mol. The van der Waals surface area contributed by atoms with Crippen molar-refractivity contribution >= 4 is 29.9 Å². The van der Waals surface area contributed by atoms with Gasteiger partial charge in [0.05, 0.1) is 16.3 Å². The van der Waals surface area contributed by atoms with Crippen molar-refractivity contribution in [2.75, 3.05) is 0 Å². The zero-order chi connectivity index (χ0) is 21.2. The van der Waals surface area contributed by atoms with Crippen LogP contribution in [-0.2, 0) is 6.42 Å². The summed E-state index contributed by atoms with van der Waals surface area (Å²) in [6.07, 6.45) is 3.05. The number of rotatable bonds is 3. The van der Waals surface area contributed by atoms with Gasteiger partial charge in [0.15, 0.2) is 5.70 Å². The molecule has 0 amide bonds. The predicted octanol–water partition coefficient (Wildman–Crippen LogP) is 5.92. The summed E-state index contributed by atoms with van der Waals surface area (Å²) in [7, 11) is 0. The quantitative estimate of drug-likeness (QED) is 0.570. The first-order valence-electron chi connectivity index (χ1n) is 10.1. The van der Waals surface area contributed by atoms with Crippen LogP contribution in [0.2, 0.25) is 5.02 Å². The number of halogens is 3. The van der Waals surface area contributed by atoms with Crippen LogP contribution in [0.15, 0.2) is 35.2 Å². The Hall–Kier alpha value is -2.21. The third-order valence-electron chi connectivity index (χ3n) is 6.49. The van der Waals surface area contributed by atoms with E-state index in [9.17, 15) is 0 Å². The largest absolute Gasteiger partial charge is 0.737 e. The van der Waals surface area contributed by atoms with Crippen LogP contribution < -0.4 is 0 Å². The Morgan fingerprint density at radius 3 is 2.41 bits per heavy atom. The second-order valence-electron chi connectivity index (χ2n) is 7.82. The van der Waals surface area contributed by atoms with E-state index in [-0.39, 0.29) is 0 Å². The molecular formula is C22H25BClF2N3. The highest BCUT2D eigenvalue weighted by molar-refractivity contribution is 6.58. The van der Waals surface area contributed by atoms with E-state index in [2.05, 4.69) is 4.98 Å². The minimum absolute atomic E-state index is 0.464. The molecule has 3 nitrogen and oxygen atoms in total. The lowest BCUT2D eigenvalue weighted by molar-refractivity contribution is -0.363. The standard InChI is InChI=1S/C22H25BClF2N3/c1-7-16-12(3)21-19(20-18(24)10-9-11-27-20)22-13(4)17(8-2)15(6)29(22)23(25,26)28(21)14(16)5/h9-11H,7-8H2,1-6H3. The second kappa shape index (κ2) is 6.66. The molecule has 0 aromatic carbocycles. The van der Waals surface area contributed by atoms with E-state index < -0.39 is 6.97 Å². The van der Waals surface area contributed by atoms with Crippen molar-refractivity contribution < 1.29 is 13.1 Å². The molecule has 0 aliphatic carbocycles. The lowest BCUT2D eigenvalue weighted by Crippen LogP contribution is -2.51. The van der Waals surface area contributed by atoms with Crippen molar-refractivity contribution in [3.05, 3.63) is 68.4 Å². The first-order chi connectivity index (χ1) is 13.7. The summed E-state index contributed by atoms with van der Waals surface area (Å²) in [5.41, 5.74) is 7.25. The molecule has 2 aliphatic heterocycles. The number of fused-ring (bicyclic) bond motifs is 2. The first-order valence-corrected chi connectivity index (χ1v) is 10.5. The molecule has 0 spiro atoms. The lowest BCUT2D eigenvalue weighted by atomic mass is 9.85. The Bertz CT molecular complexity index is 1160. The highest BCUT2D eigenvalue weighted by Gasteiger charge is 2.57. The molecule has 0 saturated carbocycles. The fourth-order valence-corrected chi connectivity index (χ4v) is 5.49. The van der Waals surface area contributed by atoms with Gasteiger partial charge in [-0.2, -0.15) is 0 Å². The number of nitrogens with zero attached hydrogens (tertiary/aromatic N) is 3. The molecule has 0 fully saturated rings. The molecule has 0 unspecified atom stereocenters. The average molecular weight is 416 g/mol. The Kier molecular flexibility index (Phi) is 4.61. The maximum atomic E-state index is 16.1. The normalized spacial score (nSPS) is 18.0. The first kappa shape index (κ1) is 20.1. The third-order valence-corrected chi connectivity index (χ3v) is 6.80. The summed E-state index contributed by atoms with van der Waals surface area (Å²) in [5, 5.41) is 0.464. The third kappa shape index (κ3) is 2.48. The van der Waals surface area contributed by atoms with E-state index in [1.54, 1.807) is 32.2 Å². The van der Waals surface area contributed by atoms with Crippen molar-refractivity contribution in [2.45, 2.75) is 54.4 Å². The van der Waals surface area contributed by atoms with E-state index in [0.29, 0.717) is 51.9 Å². The highest BCUT2D eigenvalue weighted by atomic mass is 35.5. The SMILES string of the molecule is CCC1=C(C)C2=C(c3ncccc3Cl)c3c(C)c(CC)c(C)n3[B-](F)(F)[N+]2=C1C. The van der Waals surface area contributed by atoms with Gasteiger partial charge in [-0.1, -0.05) is 25.4 Å². The molecule has 4 rings (SSSR count). The molecule has 29 heavy (non-hydrogen) atoms. The number of allylic oxidation sites excluding steroid dienone is 2. The van der Waals surface area contributed by atoms with Gasteiger partial charge in [-0.05, 0) is 62.6 Å². The maximum Gasteiger partial charge on any atom is 0.737 e. The van der Waals surface area contributed by atoms with Crippen molar-refractivity contribution in [2.24, 2.45) is 0 Å². The van der Waals surface area contributed by atoms with E-state index >= 15 is 8.63 Å². The number of aromatic nitrogens is 2. The summed E-state index contributed by atoms with van der Waals surface area (Å²) in [4.78, 5) is 4.53. The Labute approximate surface area is 175 Å². The summed E-state index contributed by atoms with van der Waals surface area (Å²) in [6.45, 7) is 7.43. The summed E-state index contributed by atoms with van der Waals surface area (Å²) in [5.74, 6) is 0. The van der Waals surface area contributed by atoms with Gasteiger partial charge >= 0.3 is 6.97 Å². The molecule has 7 heteroatoms. The summed E-state index contributed by atoms with van der Waals surface area (Å²) < 4.78 is 34.7. The van der Waals surface area contributed by atoms with Crippen molar-refractivity contribution in [3.8, 4) is 0 Å². The van der Waals surface area contributed by atoms with Crippen LogP contribution in [0.4, 0.5) is 8.63 Å². The van der Waals surface area contributed by atoms with Crippen LogP contribution in [0.5, 0.6) is 0 Å². The summed E-state index contributed by atoms with van der Waals surface area (Å²) >= 11 is 6.54. The highest BCUT2D eigenvalue weighted by Crippen LogP contribution is 2.47. The van der Waals surface area contributed by atoms with Crippen LogP contribution in [-0.4, -0.2) is 26.6 Å². The maximum absolute atomic E-state index is 16.1. The fourth-order valence-electron chi connectivity index (χ4n) is 5.27. The van der Waals surface area contributed by atoms with Crippen LogP contribution in [0.1, 0.15) is 62.3 Å². The molecule has 2 aromatic heterocycles. The monoisotopic (exact) mass is 415 g/mol. The van der Waals surface area contributed by atoms with Gasteiger partial charge in [-0.15, -0.1) is 0 Å². The molecule has 2 aromatic rings. The van der Waals surface area contributed by atoms with E-state index in [1.807, 2.05) is 27.7 Å². The van der Waals surface area contributed by atoms with Gasteiger partial charge in [-0.25, -0.2) is 0 Å². The molecule has 0 saturated heterocycles. The zero-order valence-corrected chi connectivity index (χ0v) is 18.5. The summed E-state index contributed by atoms with van der Waals surface area (Å²) in [6, 6.07) is 3.53. The van der Waals surface area contributed by atoms with Crippen LogP contribution in [0.25, 0.3) is 5.57 Å². The van der Waals surface area contributed by atoms with E-state index in [1.165, 1.54) is 8.96 Å². The van der Waals surface area contributed by atoms with E-state index in [0.717, 1.165) is 22.3 Å². The fraction of sp³-hybridized carbons (Fsp3) is 0.364. The molecule has 2 aliphatic rings. The van der Waals surface area contributed by atoms with Gasteiger partial charge in [-0.3, -0.25) is 4.98 Å². The van der Waals surface area contributed by atoms with Crippen molar-refractivity contribution in [1.29, 1.82) is 0 Å². The number of pyridine rings is 1. The van der Waals surface area contributed by atoms with Crippen LogP contribution in [0.3, 0.4) is 0 Å². The van der Waals surface area contributed by atoms with Crippen LogP contribution >= 0.6 is 11.6 Å². The molecule has 152 valence electrons. The zero-order valence-electron chi connectivity index (χ0n) is 17.7. The lowest BCUT2D eigenvalue weighted by Gasteiger charge is -2.33. The molecule has 0 bridgehead atoms. The van der Waals surface area contributed by atoms with Crippen molar-refractivity contribution in [1.82, 2.24) is 9.46 Å². The second-order valence-corrected chi connectivity index (χ2v) is 8.23. The van der Waals surface area contributed by atoms with Crippen molar-refractivity contribution in [3.63, 3.8) is 0 Å². The predicted molar refractivity (Wildman–Crippen MR) is 116 cm³/mol. The van der Waals surface area contributed by atoms with E-state index in [4.69, 9.17) is 11.6 Å². The Balaban J connectivity index is 2.26. The average Bonchev–Trinajstić information content (AvgIpc) is 3.08. The van der Waals surface area contributed by atoms with Gasteiger partial charge < -0.3 is 17.6 Å². The Morgan fingerprint density at radius 1 is 1.14 bits per heavy atom. The molecule has 0 N–H and O–H groups in total. The van der Waals surface area contributed by atoms with Gasteiger partial charge in [0.25, 0.3) is 0 Å². The molecule has 0 atom stereocenters. The van der Waals surface area contributed by atoms with Crippen LogP contribution in [0, 0.1) is 13.8 Å². The minimum atomic E-state index is -4.03. The van der Waals surface area contributed by atoms with Gasteiger partial charge in [0, 0.05) is 30.0 Å². The number of hydrogen-bond donors (Lipinski definition) is 0. The van der Waals surface area contributed by atoms with Gasteiger partial charge in [0.2, 0.25) is 0 Å². The van der Waals surface area contributed by atoms with Gasteiger partial charge in [0.1, 0.15) is 5.71 Å². The number of hydrogen-bond acceptors (Lipinski definition) is 1. The topological polar surface area (TPSA) is 20.8 Å².